The van der Waals surface area contributed by atoms with Gasteiger partial charge in [-0.2, -0.15) is 0 Å². The molecule has 0 bridgehead atoms. The van der Waals surface area contributed by atoms with E-state index in [1.807, 2.05) is 30.3 Å². The first kappa shape index (κ1) is 19.5. The Morgan fingerprint density at radius 3 is 2.56 bits per heavy atom. The highest BCUT2D eigenvalue weighted by atomic mass is 16.4. The van der Waals surface area contributed by atoms with Crippen molar-refractivity contribution in [2.75, 3.05) is 30.3 Å². The molecule has 7 nitrogen and oxygen atoms in total. The molecule has 1 spiro atoms. The van der Waals surface area contributed by atoms with Gasteiger partial charge in [0.1, 0.15) is 6.17 Å². The lowest BCUT2D eigenvalue weighted by Crippen LogP contribution is -2.44. The van der Waals surface area contributed by atoms with Crippen LogP contribution in [-0.4, -0.2) is 41.7 Å². The average molecular weight is 429 g/mol. The summed E-state index contributed by atoms with van der Waals surface area (Å²) >= 11 is 0. The maximum Gasteiger partial charge on any atom is 0.317 e. The fraction of sp³-hybridized carbons (Fsp3) is 0.400. The molecule has 1 saturated carbocycles. The third kappa shape index (κ3) is 3.66. The molecule has 7 heteroatoms. The molecule has 3 N–H and O–H groups in total. The molecule has 1 saturated heterocycles. The molecule has 2 aliphatic heterocycles. The van der Waals surface area contributed by atoms with Gasteiger partial charge in [0.05, 0.1) is 12.3 Å². The monoisotopic (exact) mass is 428 g/mol. The molecular formula is C25H28N6O. The molecule has 2 aromatic carbocycles. The van der Waals surface area contributed by atoms with Gasteiger partial charge in [-0.3, -0.25) is 4.99 Å². The van der Waals surface area contributed by atoms with Crippen molar-refractivity contribution >= 4 is 17.4 Å². The van der Waals surface area contributed by atoms with Crippen LogP contribution in [0.15, 0.2) is 64.0 Å². The highest BCUT2D eigenvalue weighted by molar-refractivity contribution is 6.16. The van der Waals surface area contributed by atoms with Crippen LogP contribution in [0, 0.1) is 5.41 Å². The normalized spacial score (nSPS) is 22.2. The van der Waals surface area contributed by atoms with Gasteiger partial charge in [0.15, 0.2) is 0 Å². The van der Waals surface area contributed by atoms with Crippen molar-refractivity contribution in [3.8, 4) is 0 Å². The van der Waals surface area contributed by atoms with E-state index in [0.29, 0.717) is 23.9 Å². The number of benzene rings is 2. The Bertz CT molecular complexity index is 1110. The first-order valence-electron chi connectivity index (χ1n) is 11.6. The molecule has 1 aliphatic carbocycles. The third-order valence-corrected chi connectivity index (χ3v) is 7.10. The summed E-state index contributed by atoms with van der Waals surface area (Å²) < 4.78 is 6.04. The molecular weight excluding hydrogens is 400 g/mol. The van der Waals surface area contributed by atoms with Gasteiger partial charge in [0.25, 0.3) is 0 Å². The van der Waals surface area contributed by atoms with Gasteiger partial charge in [-0.15, -0.1) is 5.10 Å². The summed E-state index contributed by atoms with van der Waals surface area (Å²) in [7, 11) is 0. The molecule has 1 atom stereocenters. The molecule has 0 amide bonds. The number of anilines is 2. The average Bonchev–Trinajstić information content (AvgIpc) is 3.20. The molecule has 1 aromatic heterocycles. The summed E-state index contributed by atoms with van der Waals surface area (Å²) in [6, 6.07) is 19.0. The van der Waals surface area contributed by atoms with Crippen LogP contribution in [0.2, 0.25) is 0 Å². The molecule has 3 heterocycles. The number of aliphatic imine (C=N–C) groups is 1. The highest BCUT2D eigenvalue weighted by Crippen LogP contribution is 2.55. The molecule has 2 fully saturated rings. The molecule has 3 aliphatic rings. The van der Waals surface area contributed by atoms with Crippen LogP contribution in [0.1, 0.15) is 48.6 Å². The number of hydrogen-bond donors (Lipinski definition) is 3. The Labute approximate surface area is 187 Å². The summed E-state index contributed by atoms with van der Waals surface area (Å²) in [5, 5.41) is 19.0. The third-order valence-electron chi connectivity index (χ3n) is 7.10. The van der Waals surface area contributed by atoms with Crippen LogP contribution < -0.4 is 16.0 Å². The van der Waals surface area contributed by atoms with E-state index in [9.17, 15) is 0 Å². The number of fused-ring (bicyclic) bond motifs is 1. The van der Waals surface area contributed by atoms with E-state index in [-0.39, 0.29) is 6.17 Å². The smallest absolute Gasteiger partial charge is 0.317 e. The first-order chi connectivity index (χ1) is 15.8. The van der Waals surface area contributed by atoms with Crippen molar-refractivity contribution < 1.29 is 4.42 Å². The van der Waals surface area contributed by atoms with E-state index in [2.05, 4.69) is 50.4 Å². The van der Waals surface area contributed by atoms with Gasteiger partial charge in [-0.05, 0) is 50.3 Å². The van der Waals surface area contributed by atoms with Crippen molar-refractivity contribution in [1.82, 2.24) is 15.5 Å². The van der Waals surface area contributed by atoms with E-state index in [1.165, 1.54) is 12.8 Å². The maximum absolute atomic E-state index is 6.04. The number of benzodiazepines with no additional fused rings is 1. The predicted octanol–water partition coefficient (Wildman–Crippen LogP) is 4.02. The Morgan fingerprint density at radius 1 is 0.938 bits per heavy atom. The SMILES string of the molecule is c1ccc(C2=NC(Nc3nnc(C4CC5(CCNCC5)C4)o3)CNc3ccccc32)cc1. The van der Waals surface area contributed by atoms with Crippen molar-refractivity contribution in [2.45, 2.75) is 37.8 Å². The zero-order chi connectivity index (χ0) is 21.4. The molecule has 1 unspecified atom stereocenters. The van der Waals surface area contributed by atoms with E-state index in [0.717, 1.165) is 54.3 Å². The van der Waals surface area contributed by atoms with Crippen molar-refractivity contribution in [3.05, 3.63) is 71.6 Å². The van der Waals surface area contributed by atoms with Crippen molar-refractivity contribution in [1.29, 1.82) is 0 Å². The van der Waals surface area contributed by atoms with Crippen LogP contribution >= 0.6 is 0 Å². The summed E-state index contributed by atoms with van der Waals surface area (Å²) in [5.41, 5.74) is 4.70. The van der Waals surface area contributed by atoms with Crippen LogP contribution in [0.25, 0.3) is 0 Å². The molecule has 32 heavy (non-hydrogen) atoms. The van der Waals surface area contributed by atoms with Crippen LogP contribution in [0.3, 0.4) is 0 Å². The number of nitrogens with one attached hydrogen (secondary N) is 3. The largest absolute Gasteiger partial charge is 0.408 e. The van der Waals surface area contributed by atoms with Crippen molar-refractivity contribution in [2.24, 2.45) is 10.4 Å². The Hall–Kier alpha value is -3.19. The Morgan fingerprint density at radius 2 is 1.72 bits per heavy atom. The summed E-state index contributed by atoms with van der Waals surface area (Å²) in [6.07, 6.45) is 4.62. The second-order valence-corrected chi connectivity index (χ2v) is 9.23. The lowest BCUT2D eigenvalue weighted by molar-refractivity contribution is 0.0490. The predicted molar refractivity (Wildman–Crippen MR) is 125 cm³/mol. The van der Waals surface area contributed by atoms with Gasteiger partial charge in [-0.1, -0.05) is 53.6 Å². The van der Waals surface area contributed by atoms with E-state index in [1.54, 1.807) is 0 Å². The number of rotatable bonds is 4. The zero-order valence-electron chi connectivity index (χ0n) is 18.1. The van der Waals surface area contributed by atoms with E-state index in [4.69, 9.17) is 9.41 Å². The van der Waals surface area contributed by atoms with Crippen LogP contribution in [0.4, 0.5) is 11.7 Å². The minimum Gasteiger partial charge on any atom is -0.408 e. The minimum absolute atomic E-state index is 0.219. The number of piperidine rings is 1. The highest BCUT2D eigenvalue weighted by Gasteiger charge is 2.47. The van der Waals surface area contributed by atoms with Gasteiger partial charge in [-0.25, -0.2) is 0 Å². The number of hydrogen-bond acceptors (Lipinski definition) is 7. The lowest BCUT2D eigenvalue weighted by atomic mass is 9.58. The number of aromatic nitrogens is 2. The second kappa shape index (κ2) is 8.06. The van der Waals surface area contributed by atoms with Crippen LogP contribution in [0.5, 0.6) is 0 Å². The van der Waals surface area contributed by atoms with E-state index >= 15 is 0 Å². The van der Waals surface area contributed by atoms with E-state index < -0.39 is 0 Å². The number of nitrogens with zero attached hydrogens (tertiary/aromatic N) is 3. The summed E-state index contributed by atoms with van der Waals surface area (Å²) in [4.78, 5) is 5.05. The summed E-state index contributed by atoms with van der Waals surface area (Å²) in [5.74, 6) is 1.14. The molecule has 164 valence electrons. The van der Waals surface area contributed by atoms with Gasteiger partial charge < -0.3 is 20.4 Å². The van der Waals surface area contributed by atoms with Gasteiger partial charge in [0, 0.05) is 22.7 Å². The van der Waals surface area contributed by atoms with Crippen molar-refractivity contribution in [3.63, 3.8) is 0 Å². The Kier molecular flexibility index (Phi) is 4.91. The lowest BCUT2D eigenvalue weighted by Gasteiger charge is -2.49. The molecule has 6 rings (SSSR count). The minimum atomic E-state index is -0.219. The van der Waals surface area contributed by atoms with Gasteiger partial charge >= 0.3 is 6.01 Å². The standard InChI is InChI=1S/C25H28N6O/c1-2-6-17(7-3-1)22-19-8-4-5-9-20(19)27-16-21(28-22)29-24-31-30-23(32-24)18-14-25(15-18)10-12-26-13-11-25/h1-9,18,21,26-27H,10-16H2,(H,29,31). The molecule has 3 aromatic rings. The molecule has 0 radical (unpaired) electrons. The first-order valence-corrected chi connectivity index (χ1v) is 11.6. The quantitative estimate of drug-likeness (QED) is 0.582. The van der Waals surface area contributed by atoms with Crippen LogP contribution in [-0.2, 0) is 0 Å². The zero-order valence-corrected chi connectivity index (χ0v) is 18.1. The number of para-hydroxylation sites is 1. The summed E-state index contributed by atoms with van der Waals surface area (Å²) in [6.45, 7) is 2.88. The second-order valence-electron chi connectivity index (χ2n) is 9.23. The fourth-order valence-corrected chi connectivity index (χ4v) is 5.36. The Balaban J connectivity index is 1.20. The maximum atomic E-state index is 6.04. The topological polar surface area (TPSA) is 87.4 Å². The van der Waals surface area contributed by atoms with Gasteiger partial charge in [0.2, 0.25) is 5.89 Å². The fourth-order valence-electron chi connectivity index (χ4n) is 5.36.